The second-order valence-electron chi connectivity index (χ2n) is 7.54. The lowest BCUT2D eigenvalue weighted by atomic mass is 9.85. The molecule has 0 spiro atoms. The maximum atomic E-state index is 12.7. The van der Waals surface area contributed by atoms with E-state index in [2.05, 4.69) is 23.6 Å². The summed E-state index contributed by atoms with van der Waals surface area (Å²) in [5.74, 6) is 1.52. The summed E-state index contributed by atoms with van der Waals surface area (Å²) in [6.45, 7) is 7.64. The summed E-state index contributed by atoms with van der Waals surface area (Å²) in [7, 11) is 0. The first kappa shape index (κ1) is 15.8. The summed E-state index contributed by atoms with van der Waals surface area (Å²) in [5, 5.41) is 0.300. The quantitative estimate of drug-likeness (QED) is 0.748. The summed E-state index contributed by atoms with van der Waals surface area (Å²) in [6, 6.07) is 0.522. The van der Waals surface area contributed by atoms with Crippen LogP contribution in [-0.2, 0) is 4.79 Å². The van der Waals surface area contributed by atoms with Crippen LogP contribution in [0.2, 0.25) is 0 Å². The summed E-state index contributed by atoms with van der Waals surface area (Å²) in [5.41, 5.74) is 0. The number of carbonyl (C=O) groups is 1. The minimum absolute atomic E-state index is 0.266. The maximum Gasteiger partial charge on any atom is 0.149 e. The topological polar surface area (TPSA) is 23.6 Å². The van der Waals surface area contributed by atoms with Gasteiger partial charge in [0.15, 0.2) is 0 Å². The second-order valence-corrected chi connectivity index (χ2v) is 8.16. The number of piperidine rings is 1. The molecular formula is C17H29ClN2O. The van der Waals surface area contributed by atoms with Gasteiger partial charge in [-0.1, -0.05) is 6.92 Å². The molecule has 0 aromatic heterocycles. The molecule has 0 amide bonds. The zero-order chi connectivity index (χ0) is 15.0. The van der Waals surface area contributed by atoms with Gasteiger partial charge >= 0.3 is 0 Å². The SMILES string of the molecule is CC1CCN2CC(C)N(CC(=O)C3CCC(Cl)CC3)C2C1. The van der Waals surface area contributed by atoms with Crippen LogP contribution < -0.4 is 0 Å². The fourth-order valence-electron chi connectivity index (χ4n) is 4.40. The molecule has 3 aliphatic rings. The summed E-state index contributed by atoms with van der Waals surface area (Å²) in [4.78, 5) is 17.7. The molecule has 3 atom stereocenters. The Labute approximate surface area is 134 Å². The lowest BCUT2D eigenvalue weighted by molar-refractivity contribution is -0.126. The zero-order valence-electron chi connectivity index (χ0n) is 13.4. The van der Waals surface area contributed by atoms with Crippen molar-refractivity contribution in [3.8, 4) is 0 Å². The highest BCUT2D eigenvalue weighted by molar-refractivity contribution is 6.20. The monoisotopic (exact) mass is 312 g/mol. The number of rotatable bonds is 3. The highest BCUT2D eigenvalue weighted by atomic mass is 35.5. The van der Waals surface area contributed by atoms with E-state index in [-0.39, 0.29) is 5.92 Å². The van der Waals surface area contributed by atoms with Crippen molar-refractivity contribution in [2.75, 3.05) is 19.6 Å². The minimum atomic E-state index is 0.266. The Bertz CT molecular complexity index is 381. The van der Waals surface area contributed by atoms with Gasteiger partial charge in [-0.2, -0.15) is 0 Å². The van der Waals surface area contributed by atoms with Crippen molar-refractivity contribution in [1.82, 2.24) is 9.80 Å². The third kappa shape index (κ3) is 3.46. The van der Waals surface area contributed by atoms with Crippen LogP contribution >= 0.6 is 11.6 Å². The molecule has 21 heavy (non-hydrogen) atoms. The number of ketones is 1. The average molecular weight is 313 g/mol. The number of fused-ring (bicyclic) bond motifs is 1. The predicted molar refractivity (Wildman–Crippen MR) is 86.5 cm³/mol. The number of halogens is 1. The van der Waals surface area contributed by atoms with E-state index in [4.69, 9.17) is 11.6 Å². The molecule has 3 fully saturated rings. The first-order chi connectivity index (χ1) is 10.0. The smallest absolute Gasteiger partial charge is 0.149 e. The predicted octanol–water partition coefficient (Wildman–Crippen LogP) is 3.12. The van der Waals surface area contributed by atoms with Crippen molar-refractivity contribution in [1.29, 1.82) is 0 Å². The number of carbonyl (C=O) groups excluding carboxylic acids is 1. The highest BCUT2D eigenvalue weighted by Gasteiger charge is 2.41. The molecule has 3 rings (SSSR count). The first-order valence-electron chi connectivity index (χ1n) is 8.71. The van der Waals surface area contributed by atoms with Gasteiger partial charge in [-0.3, -0.25) is 14.6 Å². The molecule has 3 unspecified atom stereocenters. The van der Waals surface area contributed by atoms with Gasteiger partial charge in [-0.15, -0.1) is 11.6 Å². The van der Waals surface area contributed by atoms with Crippen LogP contribution in [0.1, 0.15) is 52.4 Å². The highest BCUT2D eigenvalue weighted by Crippen LogP contribution is 2.33. The Morgan fingerprint density at radius 3 is 2.57 bits per heavy atom. The van der Waals surface area contributed by atoms with Crippen LogP contribution in [0, 0.1) is 11.8 Å². The average Bonchev–Trinajstić information content (AvgIpc) is 2.76. The molecular weight excluding hydrogens is 284 g/mol. The van der Waals surface area contributed by atoms with Gasteiger partial charge in [0.25, 0.3) is 0 Å². The molecule has 0 radical (unpaired) electrons. The van der Waals surface area contributed by atoms with E-state index >= 15 is 0 Å². The van der Waals surface area contributed by atoms with Crippen molar-refractivity contribution in [2.24, 2.45) is 11.8 Å². The maximum absolute atomic E-state index is 12.7. The summed E-state index contributed by atoms with van der Waals surface area (Å²) < 4.78 is 0. The normalized spacial score (nSPS) is 42.0. The Hall–Kier alpha value is -0.120. The van der Waals surface area contributed by atoms with Crippen molar-refractivity contribution >= 4 is 17.4 Å². The first-order valence-corrected chi connectivity index (χ1v) is 9.14. The molecule has 2 aliphatic heterocycles. The Morgan fingerprint density at radius 2 is 1.86 bits per heavy atom. The number of hydrogen-bond acceptors (Lipinski definition) is 3. The van der Waals surface area contributed by atoms with Gasteiger partial charge < -0.3 is 0 Å². The number of alkyl halides is 1. The van der Waals surface area contributed by atoms with Crippen LogP contribution in [0.5, 0.6) is 0 Å². The number of nitrogens with zero attached hydrogens (tertiary/aromatic N) is 2. The van der Waals surface area contributed by atoms with Gasteiger partial charge in [0.1, 0.15) is 5.78 Å². The molecule has 0 aromatic rings. The van der Waals surface area contributed by atoms with Crippen LogP contribution in [0.4, 0.5) is 0 Å². The Morgan fingerprint density at radius 1 is 1.14 bits per heavy atom. The minimum Gasteiger partial charge on any atom is -0.298 e. The third-order valence-electron chi connectivity index (χ3n) is 5.84. The van der Waals surface area contributed by atoms with E-state index in [9.17, 15) is 4.79 Å². The van der Waals surface area contributed by atoms with E-state index in [1.54, 1.807) is 0 Å². The molecule has 0 aromatic carbocycles. The van der Waals surface area contributed by atoms with E-state index in [0.717, 1.165) is 38.1 Å². The van der Waals surface area contributed by atoms with Crippen LogP contribution in [0.15, 0.2) is 0 Å². The van der Waals surface area contributed by atoms with Gasteiger partial charge in [0.05, 0.1) is 12.7 Å². The Kier molecular flexibility index (Phi) is 4.92. The van der Waals surface area contributed by atoms with Crippen LogP contribution in [0.3, 0.4) is 0 Å². The molecule has 0 N–H and O–H groups in total. The second kappa shape index (κ2) is 6.55. The van der Waals surface area contributed by atoms with E-state index in [1.807, 2.05) is 0 Å². The van der Waals surface area contributed by atoms with E-state index in [0.29, 0.717) is 29.9 Å². The van der Waals surface area contributed by atoms with Crippen molar-refractivity contribution in [2.45, 2.75) is 70.0 Å². The largest absolute Gasteiger partial charge is 0.298 e. The standard InChI is InChI=1S/C17H29ClN2O/c1-12-7-8-19-10-13(2)20(17(19)9-12)11-16(21)14-3-5-15(18)6-4-14/h12-15,17H,3-11H2,1-2H3. The lowest BCUT2D eigenvalue weighted by Crippen LogP contribution is -2.47. The molecule has 1 aliphatic carbocycles. The van der Waals surface area contributed by atoms with Gasteiger partial charge in [-0.25, -0.2) is 0 Å². The van der Waals surface area contributed by atoms with E-state index < -0.39 is 0 Å². The van der Waals surface area contributed by atoms with Gasteiger partial charge in [-0.05, 0) is 57.9 Å². The van der Waals surface area contributed by atoms with Crippen LogP contribution in [-0.4, -0.2) is 52.8 Å². The fourth-order valence-corrected chi connectivity index (χ4v) is 4.66. The van der Waals surface area contributed by atoms with Gasteiger partial charge in [0.2, 0.25) is 0 Å². The van der Waals surface area contributed by atoms with Crippen molar-refractivity contribution in [3.05, 3.63) is 0 Å². The zero-order valence-corrected chi connectivity index (χ0v) is 14.2. The molecule has 4 heteroatoms. The molecule has 1 saturated carbocycles. The Balaban J connectivity index is 1.59. The number of hydrogen-bond donors (Lipinski definition) is 0. The van der Waals surface area contributed by atoms with E-state index in [1.165, 1.54) is 19.4 Å². The van der Waals surface area contributed by atoms with Crippen molar-refractivity contribution < 1.29 is 4.79 Å². The fraction of sp³-hybridized carbons (Fsp3) is 0.941. The summed E-state index contributed by atoms with van der Waals surface area (Å²) >= 11 is 6.16. The third-order valence-corrected chi connectivity index (χ3v) is 6.28. The molecule has 120 valence electrons. The molecule has 3 nitrogen and oxygen atoms in total. The van der Waals surface area contributed by atoms with Gasteiger partial charge in [0, 0.05) is 23.9 Å². The molecule has 2 heterocycles. The molecule has 2 saturated heterocycles. The van der Waals surface area contributed by atoms with Crippen molar-refractivity contribution in [3.63, 3.8) is 0 Å². The molecule has 0 bridgehead atoms. The lowest BCUT2D eigenvalue weighted by Gasteiger charge is -2.37. The summed E-state index contributed by atoms with van der Waals surface area (Å²) in [6.07, 6.45) is 7.08. The number of Topliss-reactive ketones (excluding diaryl/α,β-unsaturated/α-hetero) is 1. The van der Waals surface area contributed by atoms with Crippen LogP contribution in [0.25, 0.3) is 0 Å².